The number of benzene rings is 1. The molecule has 0 aliphatic carbocycles. The minimum absolute atomic E-state index is 0.0150. The van der Waals surface area contributed by atoms with Crippen molar-refractivity contribution >= 4 is 39.1 Å². The Balaban J connectivity index is 3.22. The lowest BCUT2D eigenvalue weighted by atomic mass is 10.2. The van der Waals surface area contributed by atoms with E-state index in [4.69, 9.17) is 28.3 Å². The van der Waals surface area contributed by atoms with Gasteiger partial charge in [0.1, 0.15) is 4.90 Å². The first-order valence-electron chi connectivity index (χ1n) is 5.43. The Hall–Kier alpha value is -0.820. The lowest BCUT2D eigenvalue weighted by Gasteiger charge is -2.11. The minimum Gasteiger partial charge on any atom is -0.352 e. The number of halogens is 2. The second kappa shape index (κ2) is 6.09. The Kier molecular flexibility index (Phi) is 5.20. The third-order valence-electron chi connectivity index (χ3n) is 2.23. The average molecular weight is 325 g/mol. The van der Waals surface area contributed by atoms with Crippen LogP contribution in [0, 0.1) is 5.92 Å². The summed E-state index contributed by atoms with van der Waals surface area (Å²) in [4.78, 5) is 11.5. The second-order valence-corrected chi connectivity index (χ2v) is 6.76. The molecule has 5 nitrogen and oxygen atoms in total. The fourth-order valence-electron chi connectivity index (χ4n) is 1.33. The maximum atomic E-state index is 11.9. The molecule has 0 saturated heterocycles. The molecule has 0 aliphatic heterocycles. The number of carbonyl (C=O) groups excluding carboxylic acids is 1. The molecule has 0 bridgehead atoms. The van der Waals surface area contributed by atoms with Crippen LogP contribution in [-0.2, 0) is 10.0 Å². The van der Waals surface area contributed by atoms with Crippen molar-refractivity contribution < 1.29 is 13.2 Å². The van der Waals surface area contributed by atoms with E-state index in [2.05, 4.69) is 5.32 Å². The van der Waals surface area contributed by atoms with Crippen LogP contribution in [0.15, 0.2) is 17.0 Å². The predicted molar refractivity (Wildman–Crippen MR) is 75.0 cm³/mol. The normalized spacial score (nSPS) is 11.7. The summed E-state index contributed by atoms with van der Waals surface area (Å²) in [6.45, 7) is 4.29. The Bertz CT molecular complexity index is 600. The van der Waals surface area contributed by atoms with Gasteiger partial charge in [0.2, 0.25) is 10.0 Å². The number of nitrogens with one attached hydrogen (secondary N) is 1. The molecule has 19 heavy (non-hydrogen) atoms. The molecule has 0 fully saturated rings. The Morgan fingerprint density at radius 1 is 1.37 bits per heavy atom. The van der Waals surface area contributed by atoms with Crippen LogP contribution in [0.4, 0.5) is 0 Å². The molecule has 1 amide bonds. The van der Waals surface area contributed by atoms with Crippen LogP contribution in [0.25, 0.3) is 0 Å². The molecule has 1 aromatic carbocycles. The number of rotatable bonds is 4. The van der Waals surface area contributed by atoms with E-state index in [0.717, 1.165) is 6.07 Å². The lowest BCUT2D eigenvalue weighted by Crippen LogP contribution is -2.28. The highest BCUT2D eigenvalue weighted by Crippen LogP contribution is 2.28. The van der Waals surface area contributed by atoms with Crippen molar-refractivity contribution in [2.24, 2.45) is 11.1 Å². The zero-order valence-electron chi connectivity index (χ0n) is 10.4. The fraction of sp³-hybridized carbons (Fsp3) is 0.364. The van der Waals surface area contributed by atoms with Gasteiger partial charge in [0, 0.05) is 11.6 Å². The molecule has 0 unspecified atom stereocenters. The highest BCUT2D eigenvalue weighted by Gasteiger charge is 2.21. The molecule has 8 heteroatoms. The van der Waals surface area contributed by atoms with Gasteiger partial charge in [-0.1, -0.05) is 37.0 Å². The van der Waals surface area contributed by atoms with Crippen molar-refractivity contribution in [3.63, 3.8) is 0 Å². The zero-order chi connectivity index (χ0) is 14.8. The van der Waals surface area contributed by atoms with Crippen LogP contribution < -0.4 is 10.5 Å². The van der Waals surface area contributed by atoms with E-state index in [1.54, 1.807) is 0 Å². The van der Waals surface area contributed by atoms with Gasteiger partial charge in [0.25, 0.3) is 5.91 Å². The van der Waals surface area contributed by atoms with E-state index in [9.17, 15) is 13.2 Å². The molecule has 0 spiro atoms. The van der Waals surface area contributed by atoms with E-state index in [1.807, 2.05) is 13.8 Å². The van der Waals surface area contributed by atoms with Crippen LogP contribution in [0.5, 0.6) is 0 Å². The van der Waals surface area contributed by atoms with Crippen LogP contribution in [0.2, 0.25) is 10.0 Å². The van der Waals surface area contributed by atoms with E-state index < -0.39 is 15.9 Å². The summed E-state index contributed by atoms with van der Waals surface area (Å²) in [5.74, 6) is -0.245. The highest BCUT2D eigenvalue weighted by atomic mass is 35.5. The van der Waals surface area contributed by atoms with Gasteiger partial charge in [-0.25, -0.2) is 13.6 Å². The van der Waals surface area contributed by atoms with Gasteiger partial charge >= 0.3 is 0 Å². The molecule has 0 saturated carbocycles. The quantitative estimate of drug-likeness (QED) is 0.887. The molecule has 0 atom stereocenters. The van der Waals surface area contributed by atoms with Gasteiger partial charge in [-0.2, -0.15) is 0 Å². The number of hydrogen-bond donors (Lipinski definition) is 2. The maximum absolute atomic E-state index is 11.9. The summed E-state index contributed by atoms with van der Waals surface area (Å²) in [5.41, 5.74) is -0.0150. The Morgan fingerprint density at radius 3 is 2.42 bits per heavy atom. The molecule has 106 valence electrons. The van der Waals surface area contributed by atoms with Crippen molar-refractivity contribution in [3.8, 4) is 0 Å². The number of amides is 1. The Labute approximate surface area is 122 Å². The van der Waals surface area contributed by atoms with Crippen molar-refractivity contribution in [2.45, 2.75) is 18.7 Å². The van der Waals surface area contributed by atoms with Gasteiger partial charge in [0.15, 0.2) is 0 Å². The number of nitrogens with two attached hydrogens (primary N) is 1. The van der Waals surface area contributed by atoms with E-state index in [-0.39, 0.29) is 26.4 Å². The first-order chi connectivity index (χ1) is 8.62. The van der Waals surface area contributed by atoms with Crippen LogP contribution in [0.3, 0.4) is 0 Å². The zero-order valence-corrected chi connectivity index (χ0v) is 12.7. The van der Waals surface area contributed by atoms with E-state index in [1.165, 1.54) is 6.07 Å². The maximum Gasteiger partial charge on any atom is 0.252 e. The summed E-state index contributed by atoms with van der Waals surface area (Å²) in [7, 11) is -4.04. The highest BCUT2D eigenvalue weighted by molar-refractivity contribution is 7.89. The molecule has 1 aromatic rings. The minimum atomic E-state index is -4.04. The van der Waals surface area contributed by atoms with Crippen LogP contribution >= 0.6 is 23.2 Å². The summed E-state index contributed by atoms with van der Waals surface area (Å²) in [5, 5.41) is 7.49. The smallest absolute Gasteiger partial charge is 0.252 e. The van der Waals surface area contributed by atoms with E-state index >= 15 is 0 Å². The van der Waals surface area contributed by atoms with Crippen LogP contribution in [0.1, 0.15) is 24.2 Å². The number of primary sulfonamides is 1. The first-order valence-corrected chi connectivity index (χ1v) is 7.73. The predicted octanol–water partition coefficient (Wildman–Crippen LogP) is 2.03. The van der Waals surface area contributed by atoms with Gasteiger partial charge in [0.05, 0.1) is 10.6 Å². The van der Waals surface area contributed by atoms with Gasteiger partial charge in [-0.05, 0) is 18.1 Å². The first kappa shape index (κ1) is 16.2. The summed E-state index contributed by atoms with van der Waals surface area (Å²) < 4.78 is 22.7. The largest absolute Gasteiger partial charge is 0.352 e. The molecule has 0 heterocycles. The molecule has 0 aliphatic rings. The van der Waals surface area contributed by atoms with Crippen molar-refractivity contribution in [1.29, 1.82) is 0 Å². The summed E-state index contributed by atoms with van der Waals surface area (Å²) in [6, 6.07) is 2.41. The molecule has 1 rings (SSSR count). The Morgan fingerprint density at radius 2 is 1.95 bits per heavy atom. The summed E-state index contributed by atoms with van der Waals surface area (Å²) >= 11 is 11.7. The standard InChI is InChI=1S/C11H14Cl2N2O3S/c1-6(2)5-15-11(16)8-3-7(12)4-9(10(8)13)19(14,17)18/h3-4,6H,5H2,1-2H3,(H,15,16)(H2,14,17,18). The SMILES string of the molecule is CC(C)CNC(=O)c1cc(Cl)cc(S(N)(=O)=O)c1Cl. The molecule has 0 radical (unpaired) electrons. The average Bonchev–Trinajstić information content (AvgIpc) is 2.27. The lowest BCUT2D eigenvalue weighted by molar-refractivity contribution is 0.0949. The van der Waals surface area contributed by atoms with Gasteiger partial charge in [-0.15, -0.1) is 0 Å². The molecular formula is C11H14Cl2N2O3S. The van der Waals surface area contributed by atoms with E-state index in [0.29, 0.717) is 6.54 Å². The molecule has 3 N–H and O–H groups in total. The number of carbonyl (C=O) groups is 1. The summed E-state index contributed by atoms with van der Waals surface area (Å²) in [6.07, 6.45) is 0. The van der Waals surface area contributed by atoms with Gasteiger partial charge < -0.3 is 5.32 Å². The third-order valence-corrected chi connectivity index (χ3v) is 3.90. The molecule has 0 aromatic heterocycles. The number of sulfonamides is 1. The van der Waals surface area contributed by atoms with Gasteiger partial charge in [-0.3, -0.25) is 4.79 Å². The third kappa shape index (κ3) is 4.35. The number of hydrogen-bond acceptors (Lipinski definition) is 3. The molecular weight excluding hydrogens is 311 g/mol. The van der Waals surface area contributed by atoms with Crippen molar-refractivity contribution in [1.82, 2.24) is 5.32 Å². The second-order valence-electron chi connectivity index (χ2n) is 4.41. The van der Waals surface area contributed by atoms with Crippen molar-refractivity contribution in [3.05, 3.63) is 27.7 Å². The van der Waals surface area contributed by atoms with Crippen molar-refractivity contribution in [2.75, 3.05) is 6.54 Å². The monoisotopic (exact) mass is 324 g/mol. The topological polar surface area (TPSA) is 89.3 Å². The fourth-order valence-corrected chi connectivity index (χ4v) is 2.78. The van der Waals surface area contributed by atoms with Crippen LogP contribution in [-0.4, -0.2) is 20.9 Å².